The molecule has 5 heterocycles. The molecule has 0 bridgehead atoms. The molecule has 0 radical (unpaired) electrons. The third-order valence-corrected chi connectivity index (χ3v) is 9.09. The molecule has 0 spiro atoms. The van der Waals surface area contributed by atoms with Gasteiger partial charge in [0.2, 0.25) is 5.82 Å². The number of halogens is 5. The number of piperidine rings is 1. The Morgan fingerprint density at radius 1 is 1.10 bits per heavy atom. The second-order valence-corrected chi connectivity index (χ2v) is 12.6. The van der Waals surface area contributed by atoms with E-state index >= 15 is 0 Å². The van der Waals surface area contributed by atoms with Crippen LogP contribution in [0.5, 0.6) is 11.5 Å². The second kappa shape index (κ2) is 12.3. The van der Waals surface area contributed by atoms with Gasteiger partial charge in [-0.2, -0.15) is 18.2 Å². The molecule has 0 aliphatic carbocycles. The van der Waals surface area contributed by atoms with Crippen LogP contribution in [0.25, 0.3) is 22.6 Å². The van der Waals surface area contributed by atoms with Crippen LogP contribution >= 0.6 is 11.6 Å². The Bertz CT molecular complexity index is 1980. The molecule has 48 heavy (non-hydrogen) atoms. The highest BCUT2D eigenvalue weighted by molar-refractivity contribution is 6.30. The Hall–Kier alpha value is -4.27. The standard InChI is InChI=1S/C33H31ClF4N6O4/c1-18(45-3)16-44-27(40-25-13-20(15-39-30(25)44)29-41-31(48-42-29)33(36,37)38)17-43-11-9-19(10-12-43)22-5-4-6-26-28(22)47-32(2,46-26)23-8-7-21(34)14-24(23)35/h4-8,13-15,18-19H,9-12,16-17H2,1-3H3/t18?,32-/m0/s1. The van der Waals surface area contributed by atoms with Gasteiger partial charge < -0.3 is 23.3 Å². The third-order valence-electron chi connectivity index (χ3n) is 8.86. The van der Waals surface area contributed by atoms with Gasteiger partial charge in [-0.25, -0.2) is 14.4 Å². The highest BCUT2D eigenvalue weighted by Crippen LogP contribution is 2.50. The summed E-state index contributed by atoms with van der Waals surface area (Å²) in [6.07, 6.45) is -1.81. The molecule has 2 aliphatic heterocycles. The monoisotopic (exact) mass is 686 g/mol. The van der Waals surface area contributed by atoms with Crippen molar-refractivity contribution in [1.29, 1.82) is 0 Å². The summed E-state index contributed by atoms with van der Waals surface area (Å²) >= 11 is 5.97. The number of ether oxygens (including phenoxy) is 3. The Labute approximate surface area is 277 Å². The van der Waals surface area contributed by atoms with Crippen molar-refractivity contribution < 1.29 is 36.3 Å². The molecule has 0 saturated carbocycles. The third kappa shape index (κ3) is 6.08. The molecule has 15 heteroatoms. The summed E-state index contributed by atoms with van der Waals surface area (Å²) in [5.41, 5.74) is 2.60. The quantitative estimate of drug-likeness (QED) is 0.155. The van der Waals surface area contributed by atoms with Gasteiger partial charge in [0.05, 0.1) is 24.8 Å². The first-order chi connectivity index (χ1) is 22.9. The minimum atomic E-state index is -4.75. The van der Waals surface area contributed by atoms with E-state index in [0.717, 1.165) is 37.3 Å². The second-order valence-electron chi connectivity index (χ2n) is 12.2. The number of likely N-dealkylation sites (tertiary alicyclic amines) is 1. The van der Waals surface area contributed by atoms with E-state index in [1.54, 1.807) is 32.2 Å². The van der Waals surface area contributed by atoms with Crippen molar-refractivity contribution in [2.45, 2.75) is 63.8 Å². The number of methoxy groups -OCH3 is 1. The van der Waals surface area contributed by atoms with Crippen molar-refractivity contribution in [3.63, 3.8) is 0 Å². The van der Waals surface area contributed by atoms with Crippen molar-refractivity contribution in [1.82, 2.24) is 29.6 Å². The fourth-order valence-electron chi connectivity index (χ4n) is 6.32. The molecule has 10 nitrogen and oxygen atoms in total. The number of alkyl halides is 3. The highest BCUT2D eigenvalue weighted by atomic mass is 35.5. The summed E-state index contributed by atoms with van der Waals surface area (Å²) in [6.45, 7) is 6.17. The molecule has 1 unspecified atom stereocenters. The number of hydrogen-bond acceptors (Lipinski definition) is 9. The summed E-state index contributed by atoms with van der Waals surface area (Å²) in [4.78, 5) is 15.1. The van der Waals surface area contributed by atoms with Crippen molar-refractivity contribution in [2.24, 2.45) is 0 Å². The van der Waals surface area contributed by atoms with Crippen LogP contribution in [-0.4, -0.2) is 55.9 Å². The lowest BCUT2D eigenvalue weighted by Gasteiger charge is -2.32. The zero-order chi connectivity index (χ0) is 33.8. The van der Waals surface area contributed by atoms with Crippen LogP contribution in [0.1, 0.15) is 55.4 Å². The van der Waals surface area contributed by atoms with Gasteiger partial charge >= 0.3 is 12.1 Å². The van der Waals surface area contributed by atoms with Crippen molar-refractivity contribution in [3.8, 4) is 22.9 Å². The number of rotatable bonds is 8. The zero-order valence-electron chi connectivity index (χ0n) is 26.2. The topological polar surface area (TPSA) is 101 Å². The first kappa shape index (κ1) is 32.3. The average Bonchev–Trinajstić information content (AvgIpc) is 3.77. The van der Waals surface area contributed by atoms with Gasteiger partial charge in [-0.15, -0.1) is 0 Å². The Morgan fingerprint density at radius 2 is 1.90 bits per heavy atom. The fraction of sp³-hybridized carbons (Fsp3) is 0.394. The Morgan fingerprint density at radius 3 is 2.60 bits per heavy atom. The molecule has 2 aliphatic rings. The number of benzene rings is 2. The van der Waals surface area contributed by atoms with Gasteiger partial charge in [0.25, 0.3) is 5.79 Å². The van der Waals surface area contributed by atoms with E-state index in [1.165, 1.54) is 12.3 Å². The minimum absolute atomic E-state index is 0.144. The van der Waals surface area contributed by atoms with Gasteiger partial charge in [0, 0.05) is 36.4 Å². The van der Waals surface area contributed by atoms with Crippen LogP contribution in [0, 0.1) is 5.82 Å². The van der Waals surface area contributed by atoms with Crippen LogP contribution in [0.3, 0.4) is 0 Å². The molecule has 2 atom stereocenters. The maximum Gasteiger partial charge on any atom is 0.471 e. The zero-order valence-corrected chi connectivity index (χ0v) is 27.0. The van der Waals surface area contributed by atoms with Gasteiger partial charge in [-0.3, -0.25) is 4.90 Å². The fourth-order valence-corrected chi connectivity index (χ4v) is 6.48. The van der Waals surface area contributed by atoms with Crippen LogP contribution < -0.4 is 9.47 Å². The number of aromatic nitrogens is 5. The lowest BCUT2D eigenvalue weighted by Crippen LogP contribution is -2.34. The van der Waals surface area contributed by atoms with E-state index in [2.05, 4.69) is 24.5 Å². The van der Waals surface area contributed by atoms with E-state index in [0.29, 0.717) is 40.8 Å². The summed E-state index contributed by atoms with van der Waals surface area (Å²) in [5.74, 6) is -1.36. The van der Waals surface area contributed by atoms with Crippen molar-refractivity contribution in [3.05, 3.63) is 82.3 Å². The molecular weight excluding hydrogens is 656 g/mol. The van der Waals surface area contributed by atoms with Crippen molar-refractivity contribution >= 4 is 22.8 Å². The highest BCUT2D eigenvalue weighted by Gasteiger charge is 2.43. The number of imidazole rings is 1. The number of pyridine rings is 1. The number of fused-ring (bicyclic) bond motifs is 2. The summed E-state index contributed by atoms with van der Waals surface area (Å²) in [5, 5.41) is 3.77. The van der Waals surface area contributed by atoms with Crippen LogP contribution in [0.2, 0.25) is 5.02 Å². The Balaban J connectivity index is 1.09. The smallest absolute Gasteiger partial charge is 0.444 e. The maximum atomic E-state index is 14.9. The van der Waals surface area contributed by atoms with Crippen molar-refractivity contribution in [2.75, 3.05) is 20.2 Å². The number of hydrogen-bond donors (Lipinski definition) is 0. The van der Waals surface area contributed by atoms with E-state index in [4.69, 9.17) is 30.8 Å². The lowest BCUT2D eigenvalue weighted by atomic mass is 9.88. The van der Waals surface area contributed by atoms with Crippen LogP contribution in [0.15, 0.2) is 53.2 Å². The number of nitrogens with zero attached hydrogens (tertiary/aromatic N) is 6. The van der Waals surface area contributed by atoms with Crippen LogP contribution in [0.4, 0.5) is 17.6 Å². The molecule has 0 amide bonds. The average molecular weight is 687 g/mol. The van der Waals surface area contributed by atoms with Gasteiger partial charge in [-0.05, 0) is 69.1 Å². The molecule has 5 aromatic rings. The maximum absolute atomic E-state index is 14.9. The van der Waals surface area contributed by atoms with Gasteiger partial charge in [-0.1, -0.05) is 28.9 Å². The Kier molecular flexibility index (Phi) is 8.28. The SMILES string of the molecule is COC(C)Cn1c(CN2CCC(c3cccc4c3O[C@@](C)(c3ccc(Cl)cc3F)O4)CC2)nc2cc(-c3noc(C(F)(F)F)n3)cnc21. The molecule has 0 N–H and O–H groups in total. The predicted molar refractivity (Wildman–Crippen MR) is 166 cm³/mol. The van der Waals surface area contributed by atoms with Gasteiger partial charge in [0.15, 0.2) is 17.1 Å². The number of para-hydroxylation sites is 1. The lowest BCUT2D eigenvalue weighted by molar-refractivity contribution is -0.159. The first-order valence-corrected chi connectivity index (χ1v) is 15.8. The molecule has 2 aromatic carbocycles. The molecule has 7 rings (SSSR count). The summed E-state index contributed by atoms with van der Waals surface area (Å²) in [6, 6.07) is 11.8. The minimum Gasteiger partial charge on any atom is -0.444 e. The van der Waals surface area contributed by atoms with Crippen LogP contribution in [-0.2, 0) is 29.8 Å². The van der Waals surface area contributed by atoms with E-state index in [9.17, 15) is 17.6 Å². The largest absolute Gasteiger partial charge is 0.471 e. The van der Waals surface area contributed by atoms with E-state index in [-0.39, 0.29) is 29.0 Å². The first-order valence-electron chi connectivity index (χ1n) is 15.4. The van der Waals surface area contributed by atoms with Gasteiger partial charge in [0.1, 0.15) is 17.2 Å². The van der Waals surface area contributed by atoms with E-state index in [1.807, 2.05) is 29.7 Å². The van der Waals surface area contributed by atoms with E-state index < -0.39 is 23.7 Å². The molecule has 1 fully saturated rings. The predicted octanol–water partition coefficient (Wildman–Crippen LogP) is 7.35. The summed E-state index contributed by atoms with van der Waals surface area (Å²) in [7, 11) is 1.62. The molecule has 252 valence electrons. The normalized spacial score (nSPS) is 19.3. The molecular formula is C33H31ClF4N6O4. The summed E-state index contributed by atoms with van der Waals surface area (Å²) < 4.78 is 78.3. The molecule has 1 saturated heterocycles. The molecule has 3 aromatic heterocycles.